The second kappa shape index (κ2) is 14.7. The number of aliphatic carboxylic acids is 1. The predicted molar refractivity (Wildman–Crippen MR) is 164 cm³/mol. The third-order valence-corrected chi connectivity index (χ3v) is 7.52. The monoisotopic (exact) mass is 894 g/mol. The molecular weight excluding hydrogens is 869 g/mol. The van der Waals surface area contributed by atoms with Crippen LogP contribution in [0, 0.1) is 0 Å². The third kappa shape index (κ3) is 7.47. The SMILES string of the molecule is C.I[I-]I.O=C([O-])CC(=O)N1C(=O)Cc2cc(CCN3CCN(c4nsc5ccccc45)CC3)c(Cl)cc21. The zero-order valence-electron chi connectivity index (χ0n) is 19.5. The number of carboxylic acid groups (broad SMARTS) is 1. The number of carboxylic acids is 1. The van der Waals surface area contributed by atoms with Crippen molar-refractivity contribution in [1.82, 2.24) is 9.27 Å². The van der Waals surface area contributed by atoms with Gasteiger partial charge in [-0.15, -0.1) is 0 Å². The van der Waals surface area contributed by atoms with E-state index in [4.69, 9.17) is 11.6 Å². The molecule has 0 aliphatic carbocycles. The maximum Gasteiger partial charge on any atom is 0.239 e. The Kier molecular flexibility index (Phi) is 12.3. The molecule has 0 N–H and O–H groups in total. The molecule has 206 valence electrons. The fraction of sp³-hybridized carbons (Fsp3) is 0.360. The molecular formula is C25H26ClI3N4O4S-2. The molecule has 38 heavy (non-hydrogen) atoms. The van der Waals surface area contributed by atoms with Crippen LogP contribution in [0.5, 0.6) is 0 Å². The van der Waals surface area contributed by atoms with Gasteiger partial charge in [0.1, 0.15) is 5.82 Å². The number of carbonyl (C=O) groups excluding carboxylic acids is 3. The molecule has 5 rings (SSSR count). The molecule has 0 radical (unpaired) electrons. The number of carbonyl (C=O) groups is 3. The Hall–Kier alpha value is -0.820. The molecule has 2 amide bonds. The van der Waals surface area contributed by atoms with Gasteiger partial charge in [0.2, 0.25) is 11.8 Å². The molecule has 2 aromatic carbocycles. The topological polar surface area (TPSA) is 96.9 Å². The van der Waals surface area contributed by atoms with Gasteiger partial charge in [0, 0.05) is 43.1 Å². The van der Waals surface area contributed by atoms with Gasteiger partial charge in [-0.05, 0) is 47.3 Å². The number of piperazine rings is 1. The van der Waals surface area contributed by atoms with Gasteiger partial charge in [0.15, 0.2) is 0 Å². The summed E-state index contributed by atoms with van der Waals surface area (Å²) in [6.45, 7) is 4.45. The number of hydrogen-bond donors (Lipinski definition) is 0. The van der Waals surface area contributed by atoms with Gasteiger partial charge < -0.3 is 14.8 Å². The number of hydrogen-bond acceptors (Lipinski definition) is 8. The largest absolute Gasteiger partial charge is 0.550 e. The van der Waals surface area contributed by atoms with E-state index in [2.05, 4.69) is 63.5 Å². The number of imide groups is 1. The van der Waals surface area contributed by atoms with E-state index in [9.17, 15) is 19.5 Å². The number of halogens is 4. The van der Waals surface area contributed by atoms with Crippen LogP contribution in [0.2, 0.25) is 5.02 Å². The second-order valence-electron chi connectivity index (χ2n) is 8.56. The van der Waals surface area contributed by atoms with Gasteiger partial charge in [0.05, 0.1) is 29.2 Å². The Bertz CT molecular complexity index is 1320. The number of benzene rings is 2. The molecule has 0 bridgehead atoms. The van der Waals surface area contributed by atoms with Crippen LogP contribution in [-0.4, -0.2) is 59.8 Å². The molecule has 1 fully saturated rings. The minimum atomic E-state index is -1.52. The number of rotatable bonds is 6. The Morgan fingerprint density at radius 2 is 1.82 bits per heavy atom. The van der Waals surface area contributed by atoms with Crippen LogP contribution in [0.25, 0.3) is 10.1 Å². The Labute approximate surface area is 260 Å². The zero-order valence-corrected chi connectivity index (χ0v) is 27.5. The first-order valence-electron chi connectivity index (χ1n) is 11.4. The first-order chi connectivity index (χ1) is 17.8. The number of fused-ring (bicyclic) bond motifs is 2. The van der Waals surface area contributed by atoms with Gasteiger partial charge in [-0.1, -0.05) is 37.2 Å². The van der Waals surface area contributed by atoms with Gasteiger partial charge in [-0.3, -0.25) is 14.5 Å². The summed E-state index contributed by atoms with van der Waals surface area (Å²) < 4.78 is 5.86. The van der Waals surface area contributed by atoms with Crippen molar-refractivity contribution < 1.29 is 32.7 Å². The molecule has 0 saturated carbocycles. The normalized spacial score (nSPS) is 15.2. The molecule has 8 nitrogen and oxygen atoms in total. The fourth-order valence-corrected chi connectivity index (χ4v) is 5.66. The van der Waals surface area contributed by atoms with Gasteiger partial charge in [-0.2, -0.15) is 4.37 Å². The van der Waals surface area contributed by atoms with E-state index in [-0.39, 0.29) is 13.8 Å². The van der Waals surface area contributed by atoms with E-state index in [1.165, 1.54) is 21.6 Å². The van der Waals surface area contributed by atoms with E-state index < -0.39 is 24.2 Å². The average Bonchev–Trinajstić information content (AvgIpc) is 3.43. The predicted octanol–water partition coefficient (Wildman–Crippen LogP) is 1.28. The van der Waals surface area contributed by atoms with E-state index in [0.717, 1.165) is 49.0 Å². The van der Waals surface area contributed by atoms with Crippen molar-refractivity contribution in [3.63, 3.8) is 0 Å². The van der Waals surface area contributed by atoms with Crippen molar-refractivity contribution in [2.45, 2.75) is 26.7 Å². The summed E-state index contributed by atoms with van der Waals surface area (Å²) >= 11 is 13.3. The summed E-state index contributed by atoms with van der Waals surface area (Å²) in [6.07, 6.45) is -0.0707. The van der Waals surface area contributed by atoms with Gasteiger partial charge in [-0.25, -0.2) is 4.90 Å². The van der Waals surface area contributed by atoms with Crippen molar-refractivity contribution >= 4 is 99.7 Å². The molecule has 1 saturated heterocycles. The van der Waals surface area contributed by atoms with Crippen molar-refractivity contribution in [2.75, 3.05) is 42.5 Å². The van der Waals surface area contributed by atoms with Gasteiger partial charge in [0.25, 0.3) is 0 Å². The van der Waals surface area contributed by atoms with Crippen LogP contribution in [0.4, 0.5) is 11.5 Å². The van der Waals surface area contributed by atoms with E-state index in [1.807, 2.05) is 18.2 Å². The number of anilines is 2. The van der Waals surface area contributed by atoms with Crippen molar-refractivity contribution in [2.24, 2.45) is 0 Å². The molecule has 1 aromatic heterocycles. The molecule has 0 atom stereocenters. The maximum absolute atomic E-state index is 12.3. The molecule has 13 heteroatoms. The van der Waals surface area contributed by atoms with Crippen LogP contribution in [-0.2, 0) is 27.2 Å². The third-order valence-electron chi connectivity index (χ3n) is 6.35. The second-order valence-corrected chi connectivity index (χ2v) is 26.0. The first kappa shape index (κ1) is 31.7. The number of nitrogens with zero attached hydrogens (tertiary/aromatic N) is 4. The molecule has 2 aliphatic heterocycles. The van der Waals surface area contributed by atoms with Crippen molar-refractivity contribution in [1.29, 1.82) is 0 Å². The quantitative estimate of drug-likeness (QED) is 0.272. The zero-order chi connectivity index (χ0) is 26.5. The Balaban J connectivity index is 0.000000956. The Morgan fingerprint density at radius 1 is 1.13 bits per heavy atom. The number of aromatic nitrogens is 1. The smallest absolute Gasteiger partial charge is 0.239 e. The summed E-state index contributed by atoms with van der Waals surface area (Å²) in [4.78, 5) is 40.9. The van der Waals surface area contributed by atoms with Crippen LogP contribution in [0.1, 0.15) is 25.0 Å². The van der Waals surface area contributed by atoms with Crippen molar-refractivity contribution in [3.05, 3.63) is 52.5 Å². The summed E-state index contributed by atoms with van der Waals surface area (Å²) in [6, 6.07) is 11.7. The van der Waals surface area contributed by atoms with E-state index in [1.54, 1.807) is 6.07 Å². The minimum absolute atomic E-state index is 0. The Morgan fingerprint density at radius 3 is 2.50 bits per heavy atom. The van der Waals surface area contributed by atoms with Crippen LogP contribution in [0.3, 0.4) is 0 Å². The number of amides is 2. The summed E-state index contributed by atoms with van der Waals surface area (Å²) in [7, 11) is 0. The molecule has 2 aliphatic rings. The van der Waals surface area contributed by atoms with Crippen LogP contribution < -0.4 is 28.2 Å². The fourth-order valence-electron chi connectivity index (χ4n) is 4.61. The summed E-state index contributed by atoms with van der Waals surface area (Å²) in [5.41, 5.74) is 1.97. The maximum atomic E-state index is 12.3. The summed E-state index contributed by atoms with van der Waals surface area (Å²) in [5, 5.41) is 12.4. The molecule has 0 unspecified atom stereocenters. The molecule has 0 spiro atoms. The molecule has 3 heterocycles. The van der Waals surface area contributed by atoms with Crippen LogP contribution >= 0.6 is 60.4 Å². The van der Waals surface area contributed by atoms with E-state index in [0.29, 0.717) is 35.9 Å². The summed E-state index contributed by atoms with van der Waals surface area (Å²) in [5.74, 6) is -1.71. The van der Waals surface area contributed by atoms with Crippen LogP contribution in [0.15, 0.2) is 36.4 Å². The standard InChI is InChI=1S/C24H23ClN4O4S.CH4.I3/c25-18-13-19-16(12-21(30)29(19)22(31)14-23(32)33)11-15(18)5-6-27-7-9-28(10-8-27)24-17-3-1-2-4-20(17)34-26-24;;1-3-2/h1-4,11,13H,5-10,12,14H2,(H,32,33);1H4;/q;;-1/p-1. The van der Waals surface area contributed by atoms with Crippen molar-refractivity contribution in [3.8, 4) is 0 Å². The first-order valence-corrected chi connectivity index (χ1v) is 25.1. The van der Waals surface area contributed by atoms with E-state index >= 15 is 0 Å². The molecule has 3 aromatic rings. The average molecular weight is 895 g/mol. The minimum Gasteiger partial charge on any atom is -0.550 e. The van der Waals surface area contributed by atoms with Gasteiger partial charge >= 0.3 is 50.5 Å².